The molecule has 5 heteroatoms. The van der Waals surface area contributed by atoms with E-state index in [9.17, 15) is 4.79 Å². The van der Waals surface area contributed by atoms with Gasteiger partial charge in [0.2, 0.25) is 5.91 Å². The quantitative estimate of drug-likeness (QED) is 0.910. The van der Waals surface area contributed by atoms with E-state index in [2.05, 4.69) is 28.5 Å². The zero-order valence-corrected chi connectivity index (χ0v) is 14.3. The number of ether oxygens (including phenoxy) is 1. The van der Waals surface area contributed by atoms with Crippen LogP contribution in [0.1, 0.15) is 36.8 Å². The number of hydrogen-bond acceptors (Lipinski definition) is 4. The summed E-state index contributed by atoms with van der Waals surface area (Å²) in [5.41, 5.74) is 4.53. The van der Waals surface area contributed by atoms with Crippen LogP contribution in [0.5, 0.6) is 0 Å². The van der Waals surface area contributed by atoms with Crippen molar-refractivity contribution in [2.45, 2.75) is 38.9 Å². The van der Waals surface area contributed by atoms with Crippen LogP contribution in [0.3, 0.4) is 0 Å². The Bertz CT molecular complexity index is 800. The highest BCUT2D eigenvalue weighted by Crippen LogP contribution is 2.48. The number of amides is 1. The van der Waals surface area contributed by atoms with Crippen molar-refractivity contribution >= 4 is 22.4 Å². The van der Waals surface area contributed by atoms with E-state index >= 15 is 0 Å². The Morgan fingerprint density at radius 3 is 2.96 bits per heavy atom. The summed E-state index contributed by atoms with van der Waals surface area (Å²) in [6, 6.07) is 6.35. The molecule has 1 aliphatic heterocycles. The summed E-state index contributed by atoms with van der Waals surface area (Å²) in [5.74, 6) is 1.76. The maximum atomic E-state index is 12.5. The monoisotopic (exact) mass is 340 g/mol. The van der Waals surface area contributed by atoms with Crippen LogP contribution in [-0.2, 0) is 22.7 Å². The van der Waals surface area contributed by atoms with Gasteiger partial charge < -0.3 is 10.1 Å². The van der Waals surface area contributed by atoms with E-state index in [-0.39, 0.29) is 11.8 Å². The van der Waals surface area contributed by atoms with Crippen molar-refractivity contribution in [3.63, 3.8) is 0 Å². The molecule has 1 amide bonds. The summed E-state index contributed by atoms with van der Waals surface area (Å²) >= 11 is 1.51. The minimum Gasteiger partial charge on any atom is -0.372 e. The molecule has 0 saturated heterocycles. The Kier molecular flexibility index (Phi) is 3.45. The molecule has 1 aromatic heterocycles. The largest absolute Gasteiger partial charge is 0.372 e. The third-order valence-corrected chi connectivity index (χ3v) is 6.58. The average Bonchev–Trinajstić information content (AvgIpc) is 3.37. The minimum absolute atomic E-state index is 0.172. The number of thiazole rings is 1. The van der Waals surface area contributed by atoms with E-state index < -0.39 is 0 Å². The maximum absolute atomic E-state index is 12.5. The summed E-state index contributed by atoms with van der Waals surface area (Å²) in [6.07, 6.45) is 4.86. The number of fused-ring (bicyclic) bond motifs is 3. The predicted octanol–water partition coefficient (Wildman–Crippen LogP) is 4.22. The van der Waals surface area contributed by atoms with Gasteiger partial charge in [-0.15, -0.1) is 11.3 Å². The molecule has 3 aliphatic rings. The normalized spacial score (nSPS) is 27.4. The van der Waals surface area contributed by atoms with Crippen molar-refractivity contribution in [3.8, 4) is 11.3 Å². The number of nitrogens with one attached hydrogen (secondary N) is 1. The van der Waals surface area contributed by atoms with Gasteiger partial charge >= 0.3 is 0 Å². The highest BCUT2D eigenvalue weighted by molar-refractivity contribution is 7.14. The fraction of sp³-hybridized carbons (Fsp3) is 0.474. The van der Waals surface area contributed by atoms with Gasteiger partial charge in [0.15, 0.2) is 5.13 Å². The SMILES string of the molecule is O=C(Nc1nc(-c2ccc3c(c2)COC3)cs1)[C@H]1C[C@H]2CC[C@H]1C2. The Labute approximate surface area is 145 Å². The first-order chi connectivity index (χ1) is 11.8. The van der Waals surface area contributed by atoms with Crippen molar-refractivity contribution < 1.29 is 9.53 Å². The van der Waals surface area contributed by atoms with Gasteiger partial charge in [-0.05, 0) is 48.3 Å². The molecule has 5 rings (SSSR count). The van der Waals surface area contributed by atoms with Gasteiger partial charge in [0.1, 0.15) is 0 Å². The van der Waals surface area contributed by atoms with Crippen molar-refractivity contribution in [3.05, 3.63) is 34.7 Å². The second kappa shape index (κ2) is 5.67. The molecule has 4 nitrogen and oxygen atoms in total. The second-order valence-corrected chi connectivity index (χ2v) is 8.14. The third-order valence-electron chi connectivity index (χ3n) is 5.83. The smallest absolute Gasteiger partial charge is 0.229 e. The fourth-order valence-corrected chi connectivity index (χ4v) is 5.28. The van der Waals surface area contributed by atoms with Crippen LogP contribution in [0.2, 0.25) is 0 Å². The third kappa shape index (κ3) is 2.47. The van der Waals surface area contributed by atoms with Gasteiger partial charge in [0, 0.05) is 16.9 Å². The molecular formula is C19H20N2O2S. The van der Waals surface area contributed by atoms with Gasteiger partial charge in [-0.25, -0.2) is 4.98 Å². The zero-order valence-electron chi connectivity index (χ0n) is 13.5. The van der Waals surface area contributed by atoms with E-state index in [1.807, 2.05) is 5.38 Å². The molecule has 2 aliphatic carbocycles. The first-order valence-corrected chi connectivity index (χ1v) is 9.60. The van der Waals surface area contributed by atoms with E-state index in [4.69, 9.17) is 4.74 Å². The fourth-order valence-electron chi connectivity index (χ4n) is 4.56. The highest BCUT2D eigenvalue weighted by Gasteiger charge is 2.43. The van der Waals surface area contributed by atoms with E-state index in [0.29, 0.717) is 19.1 Å². The molecule has 1 N–H and O–H groups in total. The second-order valence-electron chi connectivity index (χ2n) is 7.28. The first kappa shape index (κ1) is 14.6. The Balaban J connectivity index is 1.31. The van der Waals surface area contributed by atoms with Crippen LogP contribution in [0.4, 0.5) is 5.13 Å². The first-order valence-electron chi connectivity index (χ1n) is 8.72. The Morgan fingerprint density at radius 2 is 2.12 bits per heavy atom. The summed E-state index contributed by atoms with van der Waals surface area (Å²) in [5, 5.41) is 5.79. The molecule has 0 radical (unpaired) electrons. The lowest BCUT2D eigenvalue weighted by Gasteiger charge is -2.19. The number of carbonyl (C=O) groups excluding carboxylic acids is 1. The average molecular weight is 340 g/mol. The van der Waals surface area contributed by atoms with Crippen LogP contribution in [0, 0.1) is 17.8 Å². The van der Waals surface area contributed by atoms with Crippen LogP contribution in [-0.4, -0.2) is 10.9 Å². The number of hydrogen-bond donors (Lipinski definition) is 1. The molecule has 2 aromatic rings. The summed E-state index contributed by atoms with van der Waals surface area (Å²) in [7, 11) is 0. The standard InChI is InChI=1S/C19H20N2O2S/c22-18(16-6-11-1-2-12(16)5-11)21-19-20-17(10-24-19)13-3-4-14-8-23-9-15(14)7-13/h3-4,7,10-12,16H,1-2,5-6,8-9H2,(H,20,21,22)/t11-,12-,16-/m0/s1. The number of anilines is 1. The number of aromatic nitrogens is 1. The number of rotatable bonds is 3. The van der Waals surface area contributed by atoms with Crippen LogP contribution in [0.15, 0.2) is 23.6 Å². The Hall–Kier alpha value is -1.72. The molecule has 2 bridgehead atoms. The zero-order chi connectivity index (χ0) is 16.1. The number of benzene rings is 1. The molecule has 0 unspecified atom stereocenters. The molecule has 0 spiro atoms. The molecular weight excluding hydrogens is 320 g/mol. The lowest BCUT2D eigenvalue weighted by atomic mass is 9.88. The molecule has 2 heterocycles. The molecule has 2 fully saturated rings. The summed E-state index contributed by atoms with van der Waals surface area (Å²) in [6.45, 7) is 1.39. The van der Waals surface area contributed by atoms with Crippen molar-refractivity contribution in [1.29, 1.82) is 0 Å². The molecule has 2 saturated carbocycles. The number of nitrogens with zero attached hydrogens (tertiary/aromatic N) is 1. The molecule has 1 aromatic carbocycles. The van der Waals surface area contributed by atoms with Gasteiger partial charge in [0.25, 0.3) is 0 Å². The topological polar surface area (TPSA) is 51.2 Å². The Morgan fingerprint density at radius 1 is 1.21 bits per heavy atom. The maximum Gasteiger partial charge on any atom is 0.229 e. The van der Waals surface area contributed by atoms with E-state index in [1.165, 1.54) is 41.7 Å². The predicted molar refractivity (Wildman–Crippen MR) is 93.6 cm³/mol. The van der Waals surface area contributed by atoms with Gasteiger partial charge in [0.05, 0.1) is 18.9 Å². The van der Waals surface area contributed by atoms with Crippen molar-refractivity contribution in [2.75, 3.05) is 5.32 Å². The van der Waals surface area contributed by atoms with Crippen molar-refractivity contribution in [2.24, 2.45) is 17.8 Å². The van der Waals surface area contributed by atoms with Gasteiger partial charge in [-0.1, -0.05) is 18.6 Å². The minimum atomic E-state index is 0.172. The number of carbonyl (C=O) groups is 1. The van der Waals surface area contributed by atoms with Crippen LogP contribution < -0.4 is 5.32 Å². The summed E-state index contributed by atoms with van der Waals surface area (Å²) < 4.78 is 5.47. The van der Waals surface area contributed by atoms with Crippen LogP contribution in [0.25, 0.3) is 11.3 Å². The van der Waals surface area contributed by atoms with E-state index in [0.717, 1.165) is 28.7 Å². The lowest BCUT2D eigenvalue weighted by Crippen LogP contribution is -2.27. The molecule has 24 heavy (non-hydrogen) atoms. The lowest BCUT2D eigenvalue weighted by molar-refractivity contribution is -0.121. The molecule has 3 atom stereocenters. The highest BCUT2D eigenvalue weighted by atomic mass is 32.1. The van der Waals surface area contributed by atoms with Crippen molar-refractivity contribution in [1.82, 2.24) is 4.98 Å². The van der Waals surface area contributed by atoms with Gasteiger partial charge in [-0.2, -0.15) is 0 Å². The van der Waals surface area contributed by atoms with Gasteiger partial charge in [-0.3, -0.25) is 4.79 Å². The summed E-state index contributed by atoms with van der Waals surface area (Å²) in [4.78, 5) is 17.2. The van der Waals surface area contributed by atoms with Crippen LogP contribution >= 0.6 is 11.3 Å². The molecule has 124 valence electrons. The van der Waals surface area contributed by atoms with E-state index in [1.54, 1.807) is 0 Å².